The highest BCUT2D eigenvalue weighted by atomic mass is 32.2. The van der Waals surface area contributed by atoms with Crippen molar-refractivity contribution >= 4 is 38.6 Å². The van der Waals surface area contributed by atoms with Gasteiger partial charge in [-0.15, -0.1) is 0 Å². The summed E-state index contributed by atoms with van der Waals surface area (Å²) in [5, 5.41) is -0.125. The van der Waals surface area contributed by atoms with Gasteiger partial charge in [0.25, 0.3) is 11.5 Å². The van der Waals surface area contributed by atoms with Crippen LogP contribution in [0.3, 0.4) is 0 Å². The first-order chi connectivity index (χ1) is 17.9. The van der Waals surface area contributed by atoms with Gasteiger partial charge in [-0.2, -0.15) is 24.9 Å². The van der Waals surface area contributed by atoms with Crippen LogP contribution in [0.2, 0.25) is 0 Å². The standard InChI is InChI=1S/C25H21F4N3O4S2/c1-37-11-12-38(35,36)31-24(34)22-21(17-6-4-10-30-23(17)33)18-13-16(25(27,28)29)8-9-20(18)32(22)14-15-5-2-3-7-19(15)26/h2-10,13H,11-12,14H2,1H3,(H,30,33)(H,31,34). The van der Waals surface area contributed by atoms with Crippen LogP contribution in [0.15, 0.2) is 65.6 Å². The second-order valence-corrected chi connectivity index (χ2v) is 11.1. The minimum absolute atomic E-state index is 0.0752. The summed E-state index contributed by atoms with van der Waals surface area (Å²) in [4.78, 5) is 28.7. The van der Waals surface area contributed by atoms with Crippen LogP contribution < -0.4 is 10.3 Å². The van der Waals surface area contributed by atoms with Gasteiger partial charge in [-0.3, -0.25) is 9.59 Å². The summed E-state index contributed by atoms with van der Waals surface area (Å²) in [7, 11) is -4.14. The van der Waals surface area contributed by atoms with Gasteiger partial charge in [-0.1, -0.05) is 18.2 Å². The molecule has 0 radical (unpaired) electrons. The molecule has 2 N–H and O–H groups in total. The summed E-state index contributed by atoms with van der Waals surface area (Å²) in [6.07, 6.45) is -1.76. The number of alkyl halides is 3. The number of fused-ring (bicyclic) bond motifs is 1. The summed E-state index contributed by atoms with van der Waals surface area (Å²) in [6.45, 7) is -0.326. The molecule has 38 heavy (non-hydrogen) atoms. The summed E-state index contributed by atoms with van der Waals surface area (Å²) < 4.78 is 83.9. The van der Waals surface area contributed by atoms with E-state index in [2.05, 4.69) is 4.98 Å². The van der Waals surface area contributed by atoms with Crippen molar-refractivity contribution in [2.24, 2.45) is 0 Å². The zero-order chi connectivity index (χ0) is 27.7. The largest absolute Gasteiger partial charge is 0.416 e. The highest BCUT2D eigenvalue weighted by molar-refractivity contribution is 7.99. The molecule has 0 saturated carbocycles. The van der Waals surface area contributed by atoms with Gasteiger partial charge in [0, 0.05) is 39.5 Å². The molecule has 4 rings (SSSR count). The number of halogens is 4. The molecule has 13 heteroatoms. The number of aromatic amines is 1. The first-order valence-electron chi connectivity index (χ1n) is 11.1. The van der Waals surface area contributed by atoms with Crippen LogP contribution in [0.1, 0.15) is 21.6 Å². The van der Waals surface area contributed by atoms with Crippen LogP contribution in [0.5, 0.6) is 0 Å². The quantitative estimate of drug-likeness (QED) is 0.303. The van der Waals surface area contributed by atoms with E-state index in [4.69, 9.17) is 0 Å². The number of sulfonamides is 1. The number of rotatable bonds is 8. The van der Waals surface area contributed by atoms with E-state index < -0.39 is 50.5 Å². The average Bonchev–Trinajstić information content (AvgIpc) is 3.17. The molecule has 2 heterocycles. The first-order valence-corrected chi connectivity index (χ1v) is 14.2. The van der Waals surface area contributed by atoms with Gasteiger partial charge in [0.2, 0.25) is 10.0 Å². The molecule has 1 amide bonds. The fourth-order valence-electron chi connectivity index (χ4n) is 4.05. The molecule has 0 spiro atoms. The van der Waals surface area contributed by atoms with Crippen molar-refractivity contribution in [3.05, 3.63) is 93.8 Å². The Labute approximate surface area is 218 Å². The van der Waals surface area contributed by atoms with Crippen LogP contribution in [-0.4, -0.2) is 41.6 Å². The Kier molecular flexibility index (Phi) is 7.70. The van der Waals surface area contributed by atoms with E-state index in [9.17, 15) is 35.6 Å². The Bertz CT molecular complexity index is 1680. The zero-order valence-corrected chi connectivity index (χ0v) is 21.4. The van der Waals surface area contributed by atoms with Crippen molar-refractivity contribution in [3.63, 3.8) is 0 Å². The van der Waals surface area contributed by atoms with Crippen molar-refractivity contribution in [1.29, 1.82) is 0 Å². The molecule has 0 unspecified atom stereocenters. The number of nitrogens with one attached hydrogen (secondary N) is 2. The highest BCUT2D eigenvalue weighted by Crippen LogP contribution is 2.38. The molecule has 0 atom stereocenters. The number of aromatic nitrogens is 2. The Morgan fingerprint density at radius 2 is 1.84 bits per heavy atom. The number of H-pyrrole nitrogens is 1. The SMILES string of the molecule is CSCCS(=O)(=O)NC(=O)c1c(-c2ccc[nH]c2=O)c2cc(C(F)(F)F)ccc2n1Cc1ccccc1F. The number of pyridine rings is 1. The molecule has 0 aliphatic carbocycles. The average molecular weight is 568 g/mol. The first kappa shape index (κ1) is 27.5. The molecular weight excluding hydrogens is 546 g/mol. The molecule has 2 aromatic carbocycles. The topological polar surface area (TPSA) is 101 Å². The molecule has 7 nitrogen and oxygen atoms in total. The molecule has 0 bridgehead atoms. The maximum absolute atomic E-state index is 14.6. The highest BCUT2D eigenvalue weighted by Gasteiger charge is 2.33. The molecule has 4 aromatic rings. The molecule has 2 aromatic heterocycles. The Balaban J connectivity index is 2.07. The number of nitrogens with zero attached hydrogens (tertiary/aromatic N) is 1. The maximum Gasteiger partial charge on any atom is 0.416 e. The normalized spacial score (nSPS) is 12.1. The summed E-state index contributed by atoms with van der Waals surface area (Å²) in [5.41, 5.74) is -2.34. The molecule has 200 valence electrons. The van der Waals surface area contributed by atoms with Crippen LogP contribution in [0.4, 0.5) is 17.6 Å². The van der Waals surface area contributed by atoms with Crippen LogP contribution in [0.25, 0.3) is 22.0 Å². The lowest BCUT2D eigenvalue weighted by Crippen LogP contribution is -2.35. The van der Waals surface area contributed by atoms with Crippen LogP contribution in [-0.2, 0) is 22.7 Å². The van der Waals surface area contributed by atoms with Crippen molar-refractivity contribution < 1.29 is 30.8 Å². The fourth-order valence-corrected chi connectivity index (χ4v) is 6.08. The lowest BCUT2D eigenvalue weighted by Gasteiger charge is -2.14. The Hall–Kier alpha value is -3.58. The van der Waals surface area contributed by atoms with Crippen LogP contribution in [0, 0.1) is 5.82 Å². The number of amides is 1. The summed E-state index contributed by atoms with van der Waals surface area (Å²) in [6, 6.07) is 11.0. The number of carbonyl (C=O) groups is 1. The molecule has 0 aliphatic heterocycles. The van der Waals surface area contributed by atoms with Gasteiger partial charge in [0.1, 0.15) is 11.5 Å². The van der Waals surface area contributed by atoms with E-state index in [1.807, 2.05) is 4.72 Å². The van der Waals surface area contributed by atoms with E-state index in [0.29, 0.717) is 0 Å². The third-order valence-electron chi connectivity index (χ3n) is 5.78. The second-order valence-electron chi connectivity index (χ2n) is 8.29. The van der Waals surface area contributed by atoms with Gasteiger partial charge < -0.3 is 9.55 Å². The molecular formula is C25H21F4N3O4S2. The monoisotopic (exact) mass is 567 g/mol. The maximum atomic E-state index is 14.6. The van der Waals surface area contributed by atoms with E-state index >= 15 is 0 Å². The minimum atomic E-state index is -4.74. The summed E-state index contributed by atoms with van der Waals surface area (Å²) >= 11 is 1.24. The fraction of sp³-hybridized carbons (Fsp3) is 0.200. The van der Waals surface area contributed by atoms with Gasteiger partial charge in [0.15, 0.2) is 0 Å². The Morgan fingerprint density at radius 3 is 2.50 bits per heavy atom. The lowest BCUT2D eigenvalue weighted by atomic mass is 10.0. The van der Waals surface area contributed by atoms with E-state index in [-0.39, 0.29) is 39.9 Å². The van der Waals surface area contributed by atoms with Crippen LogP contribution >= 0.6 is 11.8 Å². The predicted octanol–water partition coefficient (Wildman–Crippen LogP) is 4.63. The van der Waals surface area contributed by atoms with Gasteiger partial charge in [-0.05, 0) is 42.7 Å². The third-order valence-corrected chi connectivity index (χ3v) is 7.89. The van der Waals surface area contributed by atoms with Crippen molar-refractivity contribution in [3.8, 4) is 11.1 Å². The molecule has 0 fully saturated rings. The zero-order valence-electron chi connectivity index (χ0n) is 19.8. The van der Waals surface area contributed by atoms with Gasteiger partial charge >= 0.3 is 6.18 Å². The van der Waals surface area contributed by atoms with E-state index in [0.717, 1.165) is 18.2 Å². The number of carbonyl (C=O) groups excluding carboxylic acids is 1. The Morgan fingerprint density at radius 1 is 1.11 bits per heavy atom. The van der Waals surface area contributed by atoms with Crippen molar-refractivity contribution in [2.75, 3.05) is 17.8 Å². The molecule has 0 aliphatic rings. The van der Waals surface area contributed by atoms with E-state index in [1.54, 1.807) is 12.3 Å². The third kappa shape index (κ3) is 5.63. The minimum Gasteiger partial charge on any atom is -0.331 e. The number of hydrogen-bond donors (Lipinski definition) is 2. The lowest BCUT2D eigenvalue weighted by molar-refractivity contribution is -0.137. The van der Waals surface area contributed by atoms with Crippen molar-refractivity contribution in [1.82, 2.24) is 14.3 Å². The summed E-state index contributed by atoms with van der Waals surface area (Å²) in [5.74, 6) is -2.02. The number of hydrogen-bond acceptors (Lipinski definition) is 5. The predicted molar refractivity (Wildman–Crippen MR) is 138 cm³/mol. The van der Waals surface area contributed by atoms with E-state index in [1.165, 1.54) is 52.9 Å². The number of thioether (sulfide) groups is 1. The van der Waals surface area contributed by atoms with Gasteiger partial charge in [0.05, 0.1) is 17.9 Å². The molecule has 0 saturated heterocycles. The van der Waals surface area contributed by atoms with Gasteiger partial charge in [-0.25, -0.2) is 17.5 Å². The smallest absolute Gasteiger partial charge is 0.331 e. The van der Waals surface area contributed by atoms with Crippen molar-refractivity contribution in [2.45, 2.75) is 12.7 Å². The number of benzene rings is 2. The second kappa shape index (κ2) is 10.7.